The first kappa shape index (κ1) is 12.9. The third kappa shape index (κ3) is 2.64. The van der Waals surface area contributed by atoms with Gasteiger partial charge < -0.3 is 9.64 Å². The van der Waals surface area contributed by atoms with Crippen molar-refractivity contribution in [2.75, 3.05) is 13.7 Å². The Hall–Kier alpha value is -1.55. The van der Waals surface area contributed by atoms with Crippen LogP contribution in [-0.4, -0.2) is 30.2 Å². The number of hydrogen-bond donors (Lipinski definition) is 0. The van der Waals surface area contributed by atoms with Crippen LogP contribution in [0.2, 0.25) is 5.02 Å². The minimum absolute atomic E-state index is 0.00220. The van der Waals surface area contributed by atoms with Crippen LogP contribution in [0, 0.1) is 0 Å². The van der Waals surface area contributed by atoms with E-state index in [1.807, 2.05) is 0 Å². The zero-order valence-electron chi connectivity index (χ0n) is 10.1. The van der Waals surface area contributed by atoms with Crippen molar-refractivity contribution < 1.29 is 14.3 Å². The quantitative estimate of drug-likeness (QED) is 0.788. The van der Waals surface area contributed by atoms with Gasteiger partial charge in [-0.1, -0.05) is 17.7 Å². The van der Waals surface area contributed by atoms with E-state index in [4.69, 9.17) is 16.3 Å². The molecule has 1 saturated heterocycles. The average molecular weight is 268 g/mol. The van der Waals surface area contributed by atoms with E-state index in [2.05, 4.69) is 0 Å². The van der Waals surface area contributed by atoms with Gasteiger partial charge in [-0.25, -0.2) is 0 Å². The Morgan fingerprint density at radius 1 is 1.39 bits per heavy atom. The van der Waals surface area contributed by atoms with E-state index in [1.165, 1.54) is 0 Å². The summed E-state index contributed by atoms with van der Waals surface area (Å²) in [6, 6.07) is 5.37. The first-order valence-electron chi connectivity index (χ1n) is 5.72. The lowest BCUT2D eigenvalue weighted by molar-refractivity contribution is -0.139. The second-order valence-corrected chi connectivity index (χ2v) is 4.61. The molecule has 0 saturated carbocycles. The van der Waals surface area contributed by atoms with Gasteiger partial charge in [0.2, 0.25) is 5.91 Å². The maximum atomic E-state index is 11.7. The molecule has 0 atom stereocenters. The van der Waals surface area contributed by atoms with Crippen molar-refractivity contribution in [2.24, 2.45) is 0 Å². The lowest BCUT2D eigenvalue weighted by atomic mass is 10.1. The summed E-state index contributed by atoms with van der Waals surface area (Å²) >= 11 is 6.12. The Morgan fingerprint density at radius 3 is 2.83 bits per heavy atom. The number of nitrogens with zero attached hydrogens (tertiary/aromatic N) is 1. The number of ether oxygens (including phenoxy) is 1. The number of likely N-dealkylation sites (tertiary alicyclic amines) is 1. The Bertz CT molecular complexity index is 487. The summed E-state index contributed by atoms with van der Waals surface area (Å²) in [4.78, 5) is 24.5. The summed E-state index contributed by atoms with van der Waals surface area (Å²) in [5.41, 5.74) is 0.782. The van der Waals surface area contributed by atoms with E-state index in [1.54, 1.807) is 30.2 Å². The maximum Gasteiger partial charge on any atom is 0.230 e. The van der Waals surface area contributed by atoms with E-state index in [-0.39, 0.29) is 18.1 Å². The molecule has 18 heavy (non-hydrogen) atoms. The molecule has 0 aliphatic carbocycles. The lowest BCUT2D eigenvalue weighted by Crippen LogP contribution is -2.38. The molecule has 1 aliphatic heterocycles. The minimum atomic E-state index is -0.145. The predicted octanol–water partition coefficient (Wildman–Crippen LogP) is 2.04. The Labute approximate surface area is 110 Å². The van der Waals surface area contributed by atoms with E-state index in [0.29, 0.717) is 30.3 Å². The number of amides is 1. The monoisotopic (exact) mass is 267 g/mol. The minimum Gasteiger partial charge on any atom is -0.496 e. The summed E-state index contributed by atoms with van der Waals surface area (Å²) in [5, 5.41) is 0.569. The molecule has 0 radical (unpaired) electrons. The van der Waals surface area contributed by atoms with Gasteiger partial charge in [-0.2, -0.15) is 0 Å². The van der Waals surface area contributed by atoms with E-state index in [9.17, 15) is 9.59 Å². The van der Waals surface area contributed by atoms with Crippen molar-refractivity contribution in [3.63, 3.8) is 0 Å². The van der Waals surface area contributed by atoms with Gasteiger partial charge in [-0.3, -0.25) is 9.59 Å². The Morgan fingerprint density at radius 2 is 2.17 bits per heavy atom. The number of hydrogen-bond acceptors (Lipinski definition) is 3. The van der Waals surface area contributed by atoms with Gasteiger partial charge in [0, 0.05) is 23.6 Å². The molecule has 96 valence electrons. The highest BCUT2D eigenvalue weighted by Gasteiger charge is 2.25. The number of carbonyl (C=O) groups excluding carboxylic acids is 2. The van der Waals surface area contributed by atoms with E-state index >= 15 is 0 Å². The molecule has 1 amide bonds. The molecule has 0 aromatic heterocycles. The van der Waals surface area contributed by atoms with Gasteiger partial charge in [0.05, 0.1) is 20.1 Å². The summed E-state index contributed by atoms with van der Waals surface area (Å²) in [6.07, 6.45) is 0.408. The molecule has 1 aromatic carbocycles. The van der Waals surface area contributed by atoms with Crippen molar-refractivity contribution in [3.8, 4) is 5.75 Å². The normalized spacial score (nSPS) is 16.0. The number of rotatable bonds is 3. The first-order chi connectivity index (χ1) is 8.61. The highest BCUT2D eigenvalue weighted by atomic mass is 35.5. The van der Waals surface area contributed by atoms with Crippen LogP contribution in [0.4, 0.5) is 0 Å². The summed E-state index contributed by atoms with van der Waals surface area (Å²) in [7, 11) is 1.57. The molecular weight excluding hydrogens is 254 g/mol. The third-order valence-electron chi connectivity index (χ3n) is 3.01. The van der Waals surface area contributed by atoms with Crippen molar-refractivity contribution >= 4 is 23.3 Å². The smallest absolute Gasteiger partial charge is 0.230 e. The Balaban J connectivity index is 2.19. The topological polar surface area (TPSA) is 46.6 Å². The Kier molecular flexibility index (Phi) is 3.87. The molecule has 0 spiro atoms. The molecule has 5 heteroatoms. The number of ketones is 1. The van der Waals surface area contributed by atoms with Crippen LogP contribution in [0.3, 0.4) is 0 Å². The molecular formula is C13H14ClNO3. The molecule has 0 bridgehead atoms. The third-order valence-corrected chi connectivity index (χ3v) is 3.36. The van der Waals surface area contributed by atoms with E-state index < -0.39 is 0 Å². The largest absolute Gasteiger partial charge is 0.496 e. The zero-order chi connectivity index (χ0) is 13.1. The standard InChI is InChI=1S/C13H14ClNO3/c1-18-12-4-2-3-11(14)10(12)8-15-6-5-9(16)7-13(15)17/h2-4H,5-8H2,1H3. The fourth-order valence-electron chi connectivity index (χ4n) is 1.99. The lowest BCUT2D eigenvalue weighted by Gasteiger charge is -2.27. The fourth-order valence-corrected chi connectivity index (χ4v) is 2.22. The molecule has 1 fully saturated rings. The van der Waals surface area contributed by atoms with Gasteiger partial charge in [-0.15, -0.1) is 0 Å². The molecule has 4 nitrogen and oxygen atoms in total. The van der Waals surface area contributed by atoms with Gasteiger partial charge in [-0.05, 0) is 12.1 Å². The predicted molar refractivity (Wildman–Crippen MR) is 67.7 cm³/mol. The molecule has 0 unspecified atom stereocenters. The molecule has 1 aliphatic rings. The fraction of sp³-hybridized carbons (Fsp3) is 0.385. The van der Waals surface area contributed by atoms with Crippen LogP contribution in [0.25, 0.3) is 0 Å². The van der Waals surface area contributed by atoms with Gasteiger partial charge >= 0.3 is 0 Å². The summed E-state index contributed by atoms with van der Waals surface area (Å²) < 4.78 is 5.23. The van der Waals surface area contributed by atoms with Crippen LogP contribution < -0.4 is 4.74 Å². The highest BCUT2D eigenvalue weighted by molar-refractivity contribution is 6.31. The second kappa shape index (κ2) is 5.40. The van der Waals surface area contributed by atoms with Gasteiger partial charge in [0.15, 0.2) is 0 Å². The van der Waals surface area contributed by atoms with Gasteiger partial charge in [0.1, 0.15) is 11.5 Å². The SMILES string of the molecule is COc1cccc(Cl)c1CN1CCC(=O)CC1=O. The van der Waals surface area contributed by atoms with Crippen LogP contribution >= 0.6 is 11.6 Å². The number of methoxy groups -OCH3 is 1. The molecule has 0 N–H and O–H groups in total. The molecule has 1 heterocycles. The number of Topliss-reactive ketones (excluding diaryl/α,β-unsaturated/α-hetero) is 1. The zero-order valence-corrected chi connectivity index (χ0v) is 10.9. The second-order valence-electron chi connectivity index (χ2n) is 4.20. The summed E-state index contributed by atoms with van der Waals surface area (Å²) in [6.45, 7) is 0.834. The highest BCUT2D eigenvalue weighted by Crippen LogP contribution is 2.28. The molecule has 1 aromatic rings. The first-order valence-corrected chi connectivity index (χ1v) is 6.10. The van der Waals surface area contributed by atoms with E-state index in [0.717, 1.165) is 5.56 Å². The van der Waals surface area contributed by atoms with Crippen molar-refractivity contribution in [1.29, 1.82) is 0 Å². The van der Waals surface area contributed by atoms with Crippen LogP contribution in [0.15, 0.2) is 18.2 Å². The van der Waals surface area contributed by atoms with Gasteiger partial charge in [0.25, 0.3) is 0 Å². The van der Waals surface area contributed by atoms with Crippen LogP contribution in [-0.2, 0) is 16.1 Å². The van der Waals surface area contributed by atoms with Crippen LogP contribution in [0.5, 0.6) is 5.75 Å². The van der Waals surface area contributed by atoms with Crippen molar-refractivity contribution in [3.05, 3.63) is 28.8 Å². The number of carbonyl (C=O) groups is 2. The van der Waals surface area contributed by atoms with Crippen molar-refractivity contribution in [1.82, 2.24) is 4.90 Å². The number of piperidine rings is 1. The number of halogens is 1. The van der Waals surface area contributed by atoms with Crippen molar-refractivity contribution in [2.45, 2.75) is 19.4 Å². The molecule has 2 rings (SSSR count). The average Bonchev–Trinajstić information content (AvgIpc) is 2.34. The maximum absolute atomic E-state index is 11.7. The summed E-state index contributed by atoms with van der Waals surface area (Å²) in [5.74, 6) is 0.516. The van der Waals surface area contributed by atoms with Crippen LogP contribution in [0.1, 0.15) is 18.4 Å². The number of benzene rings is 1.